The van der Waals surface area contributed by atoms with E-state index in [9.17, 15) is 0 Å². The van der Waals surface area contributed by atoms with Gasteiger partial charge in [-0.1, -0.05) is 0 Å². The average Bonchev–Trinajstić information content (AvgIpc) is 1.79. The van der Waals surface area contributed by atoms with Gasteiger partial charge in [0.1, 0.15) is 0 Å². The van der Waals surface area contributed by atoms with Crippen LogP contribution < -0.4 is 0 Å². The summed E-state index contributed by atoms with van der Waals surface area (Å²) >= 11 is 2.25. The zero-order chi connectivity index (χ0) is 7.07. The Balaban J connectivity index is 2.96. The summed E-state index contributed by atoms with van der Waals surface area (Å²) in [7, 11) is 0. The normalized spacial score (nSPS) is 34.3. The van der Waals surface area contributed by atoms with E-state index in [1.807, 2.05) is 0 Å². The van der Waals surface area contributed by atoms with Gasteiger partial charge in [0.15, 0.2) is 0 Å². The van der Waals surface area contributed by atoms with Crippen LogP contribution in [-0.2, 0) is 0 Å². The first-order chi connectivity index (χ1) is 4.02. The van der Waals surface area contributed by atoms with Crippen LogP contribution in [0, 0.1) is 0 Å². The van der Waals surface area contributed by atoms with Crippen LogP contribution in [0.2, 0.25) is 4.09 Å². The molecule has 0 spiro atoms. The summed E-state index contributed by atoms with van der Waals surface area (Å²) in [6.07, 6.45) is 4.56. The van der Waals surface area contributed by atoms with Crippen LogP contribution >= 0.6 is 0 Å². The van der Waals surface area contributed by atoms with Gasteiger partial charge in [-0.3, -0.25) is 0 Å². The monoisotopic (exact) mass is 114 g/mol. The van der Waals surface area contributed by atoms with Crippen LogP contribution in [0.4, 0.5) is 0 Å². The molecule has 0 radical (unpaired) electrons. The molecule has 1 rings (SSSR count). The molecule has 9 heavy (non-hydrogen) atoms. The molecule has 1 unspecified atom stereocenters. The van der Waals surface area contributed by atoms with Gasteiger partial charge in [0.2, 0.25) is 0 Å². The van der Waals surface area contributed by atoms with Gasteiger partial charge in [-0.05, 0) is 0 Å². The number of rotatable bonds is 0. The molecule has 0 N–H and O–H groups in total. The summed E-state index contributed by atoms with van der Waals surface area (Å²) < 4.78 is 0.323. The molecule has 0 aromatic heterocycles. The molecule has 0 fully saturated rings. The second-order valence-electron chi connectivity index (χ2n) is 3.44. The molecule has 0 saturated carbocycles. The van der Waals surface area contributed by atoms with Gasteiger partial charge in [-0.2, -0.15) is 0 Å². The zero-order valence-corrected chi connectivity index (χ0v) is 6.65. The molecule has 1 atom stereocenters. The Bertz CT molecular complexity index is 185. The van der Waals surface area contributed by atoms with Gasteiger partial charge in [-0.25, -0.2) is 0 Å². The van der Waals surface area contributed by atoms with Crippen molar-refractivity contribution in [2.45, 2.75) is 24.9 Å². The molecule has 0 amide bonds. The van der Waals surface area contributed by atoms with E-state index in [0.29, 0.717) is 4.09 Å². The first-order valence-electron chi connectivity index (χ1n) is 3.40. The van der Waals surface area contributed by atoms with Gasteiger partial charge in [0.25, 0.3) is 0 Å². The van der Waals surface area contributed by atoms with Gasteiger partial charge < -0.3 is 0 Å². The van der Waals surface area contributed by atoms with Crippen molar-refractivity contribution in [3.63, 3.8) is 0 Å². The SMILES string of the molecule is [Li][C]1(C)C=C(C)C=C1C. The Morgan fingerprint density at radius 2 is 2.00 bits per heavy atom. The Morgan fingerprint density at radius 3 is 2.11 bits per heavy atom. The van der Waals surface area contributed by atoms with Crippen molar-refractivity contribution in [2.75, 3.05) is 0 Å². The summed E-state index contributed by atoms with van der Waals surface area (Å²) in [6, 6.07) is 0. The maximum absolute atomic E-state index is 2.31. The van der Waals surface area contributed by atoms with E-state index in [-0.39, 0.29) is 0 Å². The quantitative estimate of drug-likeness (QED) is 0.423. The third-order valence-electron chi connectivity index (χ3n) is 2.05. The molecular formula is C8H11Li. The number of hydrogen-bond acceptors (Lipinski definition) is 0. The van der Waals surface area contributed by atoms with Crippen LogP contribution in [0.3, 0.4) is 0 Å². The predicted octanol–water partition coefficient (Wildman–Crippen LogP) is 2.24. The number of allylic oxidation sites excluding steroid dienone is 4. The van der Waals surface area contributed by atoms with Crippen molar-refractivity contribution in [3.05, 3.63) is 23.3 Å². The van der Waals surface area contributed by atoms with E-state index in [1.54, 1.807) is 0 Å². The fourth-order valence-electron chi connectivity index (χ4n) is 1.25. The van der Waals surface area contributed by atoms with E-state index in [4.69, 9.17) is 0 Å². The zero-order valence-electron chi connectivity index (χ0n) is 6.65. The minimum atomic E-state index is 0.323. The Kier molecular flexibility index (Phi) is 1.63. The van der Waals surface area contributed by atoms with E-state index >= 15 is 0 Å². The van der Waals surface area contributed by atoms with Gasteiger partial charge in [0, 0.05) is 0 Å². The van der Waals surface area contributed by atoms with E-state index in [2.05, 4.69) is 50.6 Å². The number of hydrogen-bond donors (Lipinski definition) is 0. The molecule has 1 aliphatic rings. The van der Waals surface area contributed by atoms with Crippen LogP contribution in [0.15, 0.2) is 23.3 Å². The second kappa shape index (κ2) is 2.04. The first-order valence-corrected chi connectivity index (χ1v) is 3.40. The second-order valence-corrected chi connectivity index (χ2v) is 3.44. The fourth-order valence-corrected chi connectivity index (χ4v) is 1.25. The topological polar surface area (TPSA) is 0 Å². The van der Waals surface area contributed by atoms with Crippen molar-refractivity contribution in [2.24, 2.45) is 0 Å². The third-order valence-corrected chi connectivity index (χ3v) is 2.05. The molecule has 0 aromatic rings. The molecule has 0 aliphatic heterocycles. The third kappa shape index (κ3) is 1.31. The van der Waals surface area contributed by atoms with Crippen molar-refractivity contribution in [3.8, 4) is 0 Å². The summed E-state index contributed by atoms with van der Waals surface area (Å²) in [4.78, 5) is 0. The summed E-state index contributed by atoms with van der Waals surface area (Å²) in [5.41, 5.74) is 2.87. The van der Waals surface area contributed by atoms with Crippen LogP contribution in [0.5, 0.6) is 0 Å². The first kappa shape index (κ1) is 7.19. The van der Waals surface area contributed by atoms with Gasteiger partial charge >= 0.3 is 65.9 Å². The Morgan fingerprint density at radius 1 is 1.44 bits per heavy atom. The molecule has 0 aromatic carbocycles. The Hall–Kier alpha value is 0.0774. The molecule has 0 nitrogen and oxygen atoms in total. The van der Waals surface area contributed by atoms with Gasteiger partial charge in [-0.15, -0.1) is 0 Å². The van der Waals surface area contributed by atoms with Crippen molar-refractivity contribution in [1.82, 2.24) is 0 Å². The molecule has 1 aliphatic carbocycles. The molecule has 0 heterocycles. The maximum atomic E-state index is 2.31. The average molecular weight is 114 g/mol. The minimum absolute atomic E-state index is 0.323. The van der Waals surface area contributed by atoms with Crippen LogP contribution in [0.1, 0.15) is 20.8 Å². The van der Waals surface area contributed by atoms with Crippen LogP contribution in [-0.4, -0.2) is 17.7 Å². The molecular weight excluding hydrogens is 103 g/mol. The van der Waals surface area contributed by atoms with Crippen molar-refractivity contribution in [1.29, 1.82) is 0 Å². The Labute approximate surface area is 66.2 Å². The van der Waals surface area contributed by atoms with Gasteiger partial charge in [0.05, 0.1) is 0 Å². The van der Waals surface area contributed by atoms with E-state index in [1.165, 1.54) is 11.1 Å². The molecule has 0 bridgehead atoms. The van der Waals surface area contributed by atoms with E-state index < -0.39 is 0 Å². The summed E-state index contributed by atoms with van der Waals surface area (Å²) in [6.45, 7) is 6.58. The summed E-state index contributed by atoms with van der Waals surface area (Å²) in [5.74, 6) is 0. The molecule has 44 valence electrons. The van der Waals surface area contributed by atoms with Crippen molar-refractivity contribution < 1.29 is 0 Å². The molecule has 0 saturated heterocycles. The fraction of sp³-hybridized carbons (Fsp3) is 0.500. The standard InChI is InChI=1S/C8H11.Li/c1-6-4-7(2)8(3)5-6;/h4-5H,1-3H3;. The summed E-state index contributed by atoms with van der Waals surface area (Å²) in [5, 5.41) is 0. The van der Waals surface area contributed by atoms with Crippen molar-refractivity contribution >= 4 is 17.7 Å². The predicted molar refractivity (Wildman–Crippen MR) is 41.6 cm³/mol. The molecule has 1 heteroatoms. The van der Waals surface area contributed by atoms with E-state index in [0.717, 1.165) is 0 Å². The van der Waals surface area contributed by atoms with Crippen LogP contribution in [0.25, 0.3) is 0 Å².